The third-order valence-electron chi connectivity index (χ3n) is 0.707. The second-order valence-electron chi connectivity index (χ2n) is 1.35. The highest BCUT2D eigenvalue weighted by Crippen LogP contribution is 1.88. The molecule has 0 aliphatic heterocycles. The maximum atomic E-state index is 2.21. The van der Waals surface area contributed by atoms with E-state index in [2.05, 4.69) is 13.8 Å². The Labute approximate surface area is 42.5 Å². The van der Waals surface area contributed by atoms with Gasteiger partial charge in [0.25, 0.3) is 0 Å². The molecule has 0 aromatic rings. The molecule has 0 bridgehead atoms. The minimum atomic E-state index is 0. The molecule has 0 amide bonds. The average Bonchev–Trinajstić information content (AvgIpc) is 1.41. The molecule has 0 aromatic heterocycles. The Hall–Kier alpha value is 0.0649. The van der Waals surface area contributed by atoms with Crippen molar-refractivity contribution in [3.63, 3.8) is 0 Å². The number of rotatable bonds is 2. The lowest BCUT2D eigenvalue weighted by Gasteiger charge is -1.79. The Kier molecular flexibility index (Phi) is 14.0. The molecule has 0 aliphatic carbocycles. The van der Waals surface area contributed by atoms with E-state index in [0.29, 0.717) is 0 Å². The van der Waals surface area contributed by atoms with Crippen LogP contribution in [0.5, 0.6) is 0 Å². The Bertz CT molecular complexity index is 11.4. The Morgan fingerprint density at radius 1 is 1.00 bits per heavy atom. The fraction of sp³-hybridized carbons (Fsp3) is 1.00. The molecular weight excluding hydrogens is 70.9 g/mol. The number of hydrogen-bond acceptors (Lipinski definition) is 0. The molecule has 0 saturated heterocycles. The lowest BCUT2D eigenvalue weighted by molar-refractivity contribution is 0.772. The molecule has 0 spiro atoms. The molecule has 0 N–H and O–H groups in total. The van der Waals surface area contributed by atoms with Crippen molar-refractivity contribution in [2.24, 2.45) is 0 Å². The van der Waals surface area contributed by atoms with Crippen LogP contribution in [-0.4, -0.2) is 8.41 Å². The zero-order valence-corrected chi connectivity index (χ0v) is 4.12. The summed E-state index contributed by atoms with van der Waals surface area (Å²) in [6.45, 7) is 4.42. The van der Waals surface area contributed by atoms with Gasteiger partial charge >= 0.3 is 0 Å². The highest BCUT2D eigenvalue weighted by atomic mass is 13.7. The summed E-state index contributed by atoms with van der Waals surface area (Å²) in [5.41, 5.74) is 0. The van der Waals surface area contributed by atoms with Crippen LogP contribution in [0.25, 0.3) is 0 Å². The summed E-state index contributed by atoms with van der Waals surface area (Å²) < 4.78 is 0. The van der Waals surface area contributed by atoms with Crippen LogP contribution in [0.1, 0.15) is 33.1 Å². The Balaban J connectivity index is 0. The van der Waals surface area contributed by atoms with Gasteiger partial charge in [0.2, 0.25) is 0 Å². The van der Waals surface area contributed by atoms with Crippen LogP contribution in [0.3, 0.4) is 0 Å². The highest BCUT2D eigenvalue weighted by Gasteiger charge is 1.68. The quantitative estimate of drug-likeness (QED) is 0.440. The molecule has 0 heterocycles. The van der Waals surface area contributed by atoms with Gasteiger partial charge in [0, 0.05) is 0 Å². The molecule has 0 unspecified atom stereocenters. The zero-order valence-electron chi connectivity index (χ0n) is 4.12. The summed E-state index contributed by atoms with van der Waals surface area (Å²) in [5.74, 6) is 0. The van der Waals surface area contributed by atoms with E-state index >= 15 is 0 Å². The van der Waals surface area contributed by atoms with Crippen LogP contribution in [0.4, 0.5) is 0 Å². The first-order valence-corrected chi connectivity index (χ1v) is 2.41. The summed E-state index contributed by atoms with van der Waals surface area (Å²) in [7, 11) is 0. The van der Waals surface area contributed by atoms with Crippen LogP contribution >= 0.6 is 0 Å². The van der Waals surface area contributed by atoms with Gasteiger partial charge in [-0.1, -0.05) is 33.1 Å². The molecule has 0 saturated carbocycles. The summed E-state index contributed by atoms with van der Waals surface area (Å²) in [5, 5.41) is 0. The second-order valence-corrected chi connectivity index (χ2v) is 1.35. The van der Waals surface area contributed by atoms with Crippen LogP contribution < -0.4 is 0 Å². The minimum absolute atomic E-state index is 0. The Morgan fingerprint density at radius 2 is 1.33 bits per heavy atom. The summed E-state index contributed by atoms with van der Waals surface area (Å²) in [6.07, 6.45) is 4.08. The second kappa shape index (κ2) is 8.91. The normalized spacial score (nSPS) is 7.00. The lowest BCUT2D eigenvalue weighted by Crippen LogP contribution is -1.59. The van der Waals surface area contributed by atoms with E-state index in [1.807, 2.05) is 0 Å². The van der Waals surface area contributed by atoms with Gasteiger partial charge in [-0.05, 0) is 0 Å². The molecule has 1 heteroatoms. The summed E-state index contributed by atoms with van der Waals surface area (Å²) in [4.78, 5) is 0. The van der Waals surface area contributed by atoms with E-state index < -0.39 is 0 Å². The van der Waals surface area contributed by atoms with E-state index in [0.717, 1.165) is 0 Å². The predicted molar refractivity (Wildman–Crippen MR) is 35.1 cm³/mol. The van der Waals surface area contributed by atoms with Gasteiger partial charge in [0.15, 0.2) is 0 Å². The van der Waals surface area contributed by atoms with Gasteiger partial charge in [0.05, 0.1) is 8.41 Å². The molecule has 6 heavy (non-hydrogen) atoms. The molecule has 0 aromatic carbocycles. The van der Waals surface area contributed by atoms with Gasteiger partial charge in [0.1, 0.15) is 0 Å². The van der Waals surface area contributed by atoms with Crippen LogP contribution in [-0.2, 0) is 0 Å². The van der Waals surface area contributed by atoms with E-state index in [1.165, 1.54) is 19.3 Å². The lowest BCUT2D eigenvalue weighted by atomic mass is 10.3. The third kappa shape index (κ3) is 8.96. The third-order valence-corrected chi connectivity index (χ3v) is 0.707. The maximum absolute atomic E-state index is 2.21. The fourth-order valence-electron chi connectivity index (χ4n) is 0.354. The molecule has 38 valence electrons. The van der Waals surface area contributed by atoms with Crippen LogP contribution in [0.2, 0.25) is 0 Å². The first-order valence-electron chi connectivity index (χ1n) is 2.41. The molecule has 0 atom stereocenters. The molecule has 0 nitrogen and oxygen atoms in total. The van der Waals surface area contributed by atoms with E-state index in [4.69, 9.17) is 0 Å². The molecule has 0 radical (unpaired) electrons. The minimum Gasteiger partial charge on any atom is -0.0654 e. The predicted octanol–water partition coefficient (Wildman–Crippen LogP) is 1.01. The van der Waals surface area contributed by atoms with Crippen LogP contribution in [0, 0.1) is 0 Å². The Morgan fingerprint density at radius 3 is 1.33 bits per heavy atom. The molecule has 0 rings (SSSR count). The topological polar surface area (TPSA) is 0 Å². The van der Waals surface area contributed by atoms with Crippen molar-refractivity contribution in [3.8, 4) is 0 Å². The largest absolute Gasteiger partial charge is 0.0814 e. The zero-order chi connectivity index (χ0) is 4.12. The SMILES string of the molecule is B.CCCCC. The average molecular weight is 86.0 g/mol. The molecular formula is C5H15B. The van der Waals surface area contributed by atoms with Crippen molar-refractivity contribution in [2.75, 3.05) is 0 Å². The van der Waals surface area contributed by atoms with E-state index in [-0.39, 0.29) is 8.41 Å². The van der Waals surface area contributed by atoms with Crippen molar-refractivity contribution in [1.82, 2.24) is 0 Å². The van der Waals surface area contributed by atoms with Gasteiger partial charge in [-0.2, -0.15) is 0 Å². The maximum Gasteiger partial charge on any atom is 0.0814 e. The van der Waals surface area contributed by atoms with Crippen molar-refractivity contribution in [3.05, 3.63) is 0 Å². The smallest absolute Gasteiger partial charge is 0.0654 e. The van der Waals surface area contributed by atoms with Gasteiger partial charge in [-0.3, -0.25) is 0 Å². The van der Waals surface area contributed by atoms with Gasteiger partial charge < -0.3 is 0 Å². The van der Waals surface area contributed by atoms with Crippen molar-refractivity contribution in [1.29, 1.82) is 0 Å². The van der Waals surface area contributed by atoms with Crippen molar-refractivity contribution < 1.29 is 0 Å². The molecule has 0 aliphatic rings. The summed E-state index contributed by atoms with van der Waals surface area (Å²) in [6, 6.07) is 0. The first kappa shape index (κ1) is 9.42. The van der Waals surface area contributed by atoms with Gasteiger partial charge in [-0.25, -0.2) is 0 Å². The van der Waals surface area contributed by atoms with Crippen LogP contribution in [0.15, 0.2) is 0 Å². The van der Waals surface area contributed by atoms with E-state index in [1.54, 1.807) is 0 Å². The van der Waals surface area contributed by atoms with Gasteiger partial charge in [-0.15, -0.1) is 0 Å². The monoisotopic (exact) mass is 86.1 g/mol. The fourth-order valence-corrected chi connectivity index (χ4v) is 0.354. The van der Waals surface area contributed by atoms with Crippen molar-refractivity contribution >= 4 is 8.41 Å². The standard InChI is InChI=1S/C5H12.BH3/c1-3-5-4-2;/h3-5H2,1-2H3;1H3. The van der Waals surface area contributed by atoms with E-state index in [9.17, 15) is 0 Å². The number of unbranched alkanes of at least 4 members (excludes halogenated alkanes) is 2. The first-order chi connectivity index (χ1) is 2.41. The number of hydrogen-bond donors (Lipinski definition) is 0. The summed E-state index contributed by atoms with van der Waals surface area (Å²) >= 11 is 0. The molecule has 0 fully saturated rings. The van der Waals surface area contributed by atoms with Crippen molar-refractivity contribution in [2.45, 2.75) is 33.1 Å². The highest BCUT2D eigenvalue weighted by molar-refractivity contribution is 5.75.